The molecule has 3 N–H and O–H groups in total. The number of nitrogens with zero attached hydrogens (tertiary/aromatic N) is 7. The molecule has 2 fully saturated rings. The van der Waals surface area contributed by atoms with E-state index in [-0.39, 0.29) is 5.95 Å². The summed E-state index contributed by atoms with van der Waals surface area (Å²) in [6, 6.07) is 10.8. The Balaban J connectivity index is 1.45. The molecule has 2 aliphatic rings. The summed E-state index contributed by atoms with van der Waals surface area (Å²) >= 11 is 0. The molecule has 2 aromatic heterocycles. The largest absolute Gasteiger partial charge is 0.378 e. The van der Waals surface area contributed by atoms with Gasteiger partial charge >= 0.3 is 0 Å². The minimum absolute atomic E-state index is 0.265. The maximum absolute atomic E-state index is 5.68. The van der Waals surface area contributed by atoms with Gasteiger partial charge in [0, 0.05) is 82.1 Å². The smallest absolute Gasteiger partial charge is 0.226 e. The number of morpholine rings is 1. The normalized spacial score (nSPS) is 17.3. The molecule has 188 valence electrons. The molecule has 10 heteroatoms. The number of nitrogens with one attached hydrogen (secondary N) is 1. The number of hydrogen-bond donors (Lipinski definition) is 2. The van der Waals surface area contributed by atoms with Crippen molar-refractivity contribution in [2.24, 2.45) is 9.98 Å². The van der Waals surface area contributed by atoms with Crippen molar-refractivity contribution < 1.29 is 4.74 Å². The van der Waals surface area contributed by atoms with E-state index >= 15 is 0 Å². The van der Waals surface area contributed by atoms with Gasteiger partial charge in [0.2, 0.25) is 11.9 Å². The number of aromatic nitrogens is 3. The molecule has 0 atom stereocenters. The SMILES string of the molecule is C=N/C(=N\c1c(Cc2cnc(N)nc2)ccn1-c1ccc(CN2CCNCC2)cc1)N1CCOCC1. The highest BCUT2D eigenvalue weighted by atomic mass is 16.5. The van der Waals surface area contributed by atoms with Crippen molar-refractivity contribution in [3.05, 3.63) is 65.6 Å². The van der Waals surface area contributed by atoms with Crippen molar-refractivity contribution in [1.29, 1.82) is 0 Å². The number of nitrogens with two attached hydrogens (primary N) is 1. The van der Waals surface area contributed by atoms with Gasteiger partial charge in [-0.15, -0.1) is 0 Å². The molecule has 36 heavy (non-hydrogen) atoms. The van der Waals surface area contributed by atoms with Crippen LogP contribution in [0, 0.1) is 0 Å². The highest BCUT2D eigenvalue weighted by Crippen LogP contribution is 2.28. The molecule has 0 unspecified atom stereocenters. The summed E-state index contributed by atoms with van der Waals surface area (Å²) in [4.78, 5) is 22.2. The molecule has 4 heterocycles. The Labute approximate surface area is 211 Å². The van der Waals surface area contributed by atoms with Gasteiger partial charge in [-0.1, -0.05) is 12.1 Å². The average Bonchev–Trinajstić information content (AvgIpc) is 3.32. The fourth-order valence-electron chi connectivity index (χ4n) is 4.57. The second-order valence-electron chi connectivity index (χ2n) is 9.02. The monoisotopic (exact) mass is 487 g/mol. The van der Waals surface area contributed by atoms with E-state index in [1.807, 2.05) is 0 Å². The first-order valence-electron chi connectivity index (χ1n) is 12.4. The molecule has 2 aliphatic heterocycles. The van der Waals surface area contributed by atoms with E-state index in [9.17, 15) is 0 Å². The van der Waals surface area contributed by atoms with Crippen molar-refractivity contribution >= 4 is 24.4 Å². The van der Waals surface area contributed by atoms with Gasteiger partial charge < -0.3 is 25.3 Å². The van der Waals surface area contributed by atoms with E-state index in [1.165, 1.54) is 5.56 Å². The predicted molar refractivity (Wildman–Crippen MR) is 142 cm³/mol. The van der Waals surface area contributed by atoms with E-state index in [4.69, 9.17) is 15.5 Å². The number of nitrogen functional groups attached to an aromatic ring is 1. The lowest BCUT2D eigenvalue weighted by Crippen LogP contribution is -2.42. The van der Waals surface area contributed by atoms with Gasteiger partial charge in [0.1, 0.15) is 5.82 Å². The van der Waals surface area contributed by atoms with Crippen LogP contribution in [-0.4, -0.2) is 89.5 Å². The van der Waals surface area contributed by atoms with Crippen LogP contribution in [-0.2, 0) is 17.7 Å². The second kappa shape index (κ2) is 11.4. The minimum atomic E-state index is 0.265. The molecule has 1 aromatic carbocycles. The Hall–Kier alpha value is -3.60. The summed E-state index contributed by atoms with van der Waals surface area (Å²) in [5, 5.41) is 3.41. The third-order valence-electron chi connectivity index (χ3n) is 6.53. The number of aliphatic imine (C=N–C) groups is 2. The van der Waals surface area contributed by atoms with Crippen LogP contribution >= 0.6 is 0 Å². The number of rotatable bonds is 6. The van der Waals surface area contributed by atoms with E-state index in [0.717, 1.165) is 68.4 Å². The zero-order chi connectivity index (χ0) is 24.7. The van der Waals surface area contributed by atoms with Gasteiger partial charge in [-0.05, 0) is 36.0 Å². The molecule has 0 amide bonds. The zero-order valence-corrected chi connectivity index (χ0v) is 20.5. The lowest BCUT2D eigenvalue weighted by atomic mass is 10.1. The lowest BCUT2D eigenvalue weighted by molar-refractivity contribution is 0.0676. The maximum Gasteiger partial charge on any atom is 0.226 e. The van der Waals surface area contributed by atoms with Crippen molar-refractivity contribution in [3.63, 3.8) is 0 Å². The topological polar surface area (TPSA) is 109 Å². The van der Waals surface area contributed by atoms with Crippen molar-refractivity contribution in [2.75, 3.05) is 58.2 Å². The van der Waals surface area contributed by atoms with Gasteiger partial charge in [-0.2, -0.15) is 4.99 Å². The summed E-state index contributed by atoms with van der Waals surface area (Å²) in [6.07, 6.45) is 6.19. The zero-order valence-electron chi connectivity index (χ0n) is 20.5. The number of piperazine rings is 1. The molecule has 0 aliphatic carbocycles. The number of anilines is 1. The number of ether oxygens (including phenoxy) is 1. The van der Waals surface area contributed by atoms with Crippen LogP contribution in [0.5, 0.6) is 0 Å². The average molecular weight is 488 g/mol. The van der Waals surface area contributed by atoms with E-state index < -0.39 is 0 Å². The van der Waals surface area contributed by atoms with Gasteiger partial charge in [0.05, 0.1) is 13.2 Å². The Morgan fingerprint density at radius 1 is 1.00 bits per heavy atom. The van der Waals surface area contributed by atoms with Crippen LogP contribution in [0.25, 0.3) is 5.69 Å². The molecule has 5 rings (SSSR count). The Bertz CT molecular complexity index is 1180. The van der Waals surface area contributed by atoms with Crippen LogP contribution in [0.4, 0.5) is 11.8 Å². The number of benzene rings is 1. The number of guanidine groups is 1. The quantitative estimate of drug-likeness (QED) is 0.404. The third kappa shape index (κ3) is 5.78. The van der Waals surface area contributed by atoms with Gasteiger partial charge in [-0.25, -0.2) is 15.0 Å². The van der Waals surface area contributed by atoms with Crippen molar-refractivity contribution in [2.45, 2.75) is 13.0 Å². The summed E-state index contributed by atoms with van der Waals surface area (Å²) in [7, 11) is 0. The van der Waals surface area contributed by atoms with Crippen molar-refractivity contribution in [1.82, 2.24) is 29.7 Å². The first kappa shape index (κ1) is 24.1. The Kier molecular flexibility index (Phi) is 7.65. The third-order valence-corrected chi connectivity index (χ3v) is 6.53. The van der Waals surface area contributed by atoms with E-state index in [0.29, 0.717) is 25.6 Å². The van der Waals surface area contributed by atoms with Crippen molar-refractivity contribution in [3.8, 4) is 5.69 Å². The fraction of sp³-hybridized carbons (Fsp3) is 0.385. The van der Waals surface area contributed by atoms with Crippen LogP contribution in [0.1, 0.15) is 16.7 Å². The Morgan fingerprint density at radius 2 is 1.72 bits per heavy atom. The second-order valence-corrected chi connectivity index (χ2v) is 9.02. The molecule has 0 radical (unpaired) electrons. The predicted octanol–water partition coefficient (Wildman–Crippen LogP) is 1.87. The highest BCUT2D eigenvalue weighted by Gasteiger charge is 2.18. The summed E-state index contributed by atoms with van der Waals surface area (Å²) in [6.45, 7) is 11.8. The van der Waals surface area contributed by atoms with Crippen LogP contribution in [0.3, 0.4) is 0 Å². The summed E-state index contributed by atoms with van der Waals surface area (Å²) in [5.41, 5.74) is 10.0. The first-order valence-corrected chi connectivity index (χ1v) is 12.4. The Morgan fingerprint density at radius 3 is 2.42 bits per heavy atom. The summed E-state index contributed by atoms with van der Waals surface area (Å²) in [5.74, 6) is 1.68. The molecule has 2 saturated heterocycles. The maximum atomic E-state index is 5.68. The molecule has 0 bridgehead atoms. The lowest BCUT2D eigenvalue weighted by Gasteiger charge is -2.27. The van der Waals surface area contributed by atoms with Gasteiger partial charge in [0.25, 0.3) is 0 Å². The van der Waals surface area contributed by atoms with Crippen LogP contribution in [0.15, 0.2) is 58.9 Å². The first-order chi connectivity index (χ1) is 17.7. The molecule has 3 aromatic rings. The molecular formula is C26H33N9O. The molecule has 0 saturated carbocycles. The van der Waals surface area contributed by atoms with Crippen LogP contribution < -0.4 is 11.1 Å². The fourth-order valence-corrected chi connectivity index (χ4v) is 4.57. The minimum Gasteiger partial charge on any atom is -0.378 e. The van der Waals surface area contributed by atoms with Gasteiger partial charge in [-0.3, -0.25) is 4.90 Å². The molecule has 10 nitrogen and oxygen atoms in total. The molecule has 0 spiro atoms. The standard InChI is InChI=1S/C26H33N9O/c1-28-26(34-12-14-36-15-13-34)32-24-22(16-21-17-30-25(27)31-18-21)6-9-35(24)23-4-2-20(3-5-23)19-33-10-7-29-8-11-33/h2-6,9,17-18,29H,1,7-8,10-16,19H2,(H2,27,30,31)/b32-26+. The van der Waals surface area contributed by atoms with Crippen LogP contribution in [0.2, 0.25) is 0 Å². The van der Waals surface area contributed by atoms with E-state index in [1.54, 1.807) is 12.4 Å². The van der Waals surface area contributed by atoms with E-state index in [2.05, 4.69) is 77.9 Å². The highest BCUT2D eigenvalue weighted by molar-refractivity contribution is 5.86. The summed E-state index contributed by atoms with van der Waals surface area (Å²) < 4.78 is 7.61. The van der Waals surface area contributed by atoms with Gasteiger partial charge in [0.15, 0.2) is 0 Å². The molecular weight excluding hydrogens is 454 g/mol. The number of hydrogen-bond acceptors (Lipinski definition) is 7.